The third-order valence-corrected chi connectivity index (χ3v) is 4.37. The molecule has 2 rings (SSSR count). The summed E-state index contributed by atoms with van der Waals surface area (Å²) in [6.45, 7) is 4.64. The Kier molecular flexibility index (Phi) is 5.04. The normalized spacial score (nSPS) is 18.5. The van der Waals surface area contributed by atoms with Crippen LogP contribution in [0.1, 0.15) is 57.3 Å². The molecule has 0 atom stereocenters. The second-order valence-electron chi connectivity index (χ2n) is 4.95. The van der Waals surface area contributed by atoms with Gasteiger partial charge in [0.05, 0.1) is 0 Å². The lowest BCUT2D eigenvalue weighted by molar-refractivity contribution is -0.0767. The summed E-state index contributed by atoms with van der Waals surface area (Å²) in [6, 6.07) is 0. The van der Waals surface area contributed by atoms with Crippen LogP contribution in [0, 0.1) is 0 Å². The Balaban J connectivity index is 2.42. The fourth-order valence-corrected chi connectivity index (χ4v) is 3.41. The maximum absolute atomic E-state index is 6.23. The van der Waals surface area contributed by atoms with Crippen LogP contribution in [0.4, 0.5) is 0 Å². The van der Waals surface area contributed by atoms with Crippen LogP contribution in [-0.2, 0) is 16.8 Å². The van der Waals surface area contributed by atoms with Gasteiger partial charge in [0.25, 0.3) is 0 Å². The molecule has 106 valence electrons. The molecular formula is C14H20Cl2N2O. The molecule has 0 unspecified atom stereocenters. The largest absolute Gasteiger partial charge is 0.367 e. The zero-order chi connectivity index (χ0) is 13.9. The lowest BCUT2D eigenvalue weighted by Crippen LogP contribution is -2.34. The average Bonchev–Trinajstić information content (AvgIpc) is 2.40. The van der Waals surface area contributed by atoms with Crippen molar-refractivity contribution in [1.82, 2.24) is 9.97 Å². The van der Waals surface area contributed by atoms with Gasteiger partial charge in [0.15, 0.2) is 5.82 Å². The number of aromatic nitrogens is 2. The molecular weight excluding hydrogens is 283 g/mol. The van der Waals surface area contributed by atoms with E-state index in [1.165, 1.54) is 6.42 Å². The van der Waals surface area contributed by atoms with Crippen LogP contribution < -0.4 is 0 Å². The topological polar surface area (TPSA) is 35.0 Å². The minimum Gasteiger partial charge on any atom is -0.367 e. The average molecular weight is 303 g/mol. The van der Waals surface area contributed by atoms with Crippen molar-refractivity contribution in [3.05, 3.63) is 21.7 Å². The van der Waals surface area contributed by atoms with E-state index in [1.54, 1.807) is 0 Å². The predicted molar refractivity (Wildman–Crippen MR) is 77.8 cm³/mol. The summed E-state index contributed by atoms with van der Waals surface area (Å²) in [5.74, 6) is 0.654. The van der Waals surface area contributed by atoms with Crippen LogP contribution in [-0.4, -0.2) is 16.6 Å². The van der Waals surface area contributed by atoms with Gasteiger partial charge in [-0.2, -0.15) is 0 Å². The number of hydrogen-bond acceptors (Lipinski definition) is 3. The third kappa shape index (κ3) is 3.04. The molecule has 0 N–H and O–H groups in total. The van der Waals surface area contributed by atoms with Gasteiger partial charge in [-0.15, -0.1) is 0 Å². The van der Waals surface area contributed by atoms with E-state index in [0.717, 1.165) is 37.7 Å². The Labute approximate surface area is 124 Å². The van der Waals surface area contributed by atoms with E-state index >= 15 is 0 Å². The highest BCUT2D eigenvalue weighted by Crippen LogP contribution is 2.40. The molecule has 0 bridgehead atoms. The second-order valence-corrected chi connectivity index (χ2v) is 5.66. The van der Waals surface area contributed by atoms with Crippen molar-refractivity contribution in [1.29, 1.82) is 0 Å². The molecule has 19 heavy (non-hydrogen) atoms. The molecule has 1 fully saturated rings. The summed E-state index contributed by atoms with van der Waals surface area (Å²) < 4.78 is 6.00. The third-order valence-electron chi connectivity index (χ3n) is 3.75. The fraction of sp³-hybridized carbons (Fsp3) is 0.714. The SMILES string of the molecule is CCOC1(c2nc(Cl)c(CC)c(Cl)n2)CCCCC1. The van der Waals surface area contributed by atoms with Crippen molar-refractivity contribution in [3.63, 3.8) is 0 Å². The zero-order valence-corrected chi connectivity index (χ0v) is 13.0. The number of halogens is 2. The van der Waals surface area contributed by atoms with E-state index in [4.69, 9.17) is 27.9 Å². The van der Waals surface area contributed by atoms with Gasteiger partial charge in [0, 0.05) is 12.2 Å². The number of rotatable bonds is 4. The molecule has 1 aromatic rings. The summed E-state index contributed by atoms with van der Waals surface area (Å²) in [5.41, 5.74) is 0.418. The predicted octanol–water partition coefficient (Wildman–Crippen LogP) is 4.54. The summed E-state index contributed by atoms with van der Waals surface area (Å²) >= 11 is 12.5. The first-order valence-electron chi connectivity index (χ1n) is 6.99. The highest BCUT2D eigenvalue weighted by atomic mass is 35.5. The van der Waals surface area contributed by atoms with E-state index in [9.17, 15) is 0 Å². The van der Waals surface area contributed by atoms with Crippen molar-refractivity contribution in [2.75, 3.05) is 6.61 Å². The van der Waals surface area contributed by atoms with Gasteiger partial charge < -0.3 is 4.74 Å². The number of ether oxygens (including phenoxy) is 1. The van der Waals surface area contributed by atoms with Gasteiger partial charge in [-0.25, -0.2) is 9.97 Å². The second kappa shape index (κ2) is 6.38. The van der Waals surface area contributed by atoms with E-state index in [-0.39, 0.29) is 0 Å². The lowest BCUT2D eigenvalue weighted by Gasteiger charge is -2.35. The van der Waals surface area contributed by atoms with Gasteiger partial charge in [0.1, 0.15) is 15.9 Å². The molecule has 1 saturated carbocycles. The molecule has 0 amide bonds. The summed E-state index contributed by atoms with van der Waals surface area (Å²) in [4.78, 5) is 8.93. The Morgan fingerprint density at radius 3 is 2.11 bits per heavy atom. The fourth-order valence-electron chi connectivity index (χ4n) is 2.76. The van der Waals surface area contributed by atoms with Gasteiger partial charge in [-0.1, -0.05) is 49.4 Å². The molecule has 0 radical (unpaired) electrons. The van der Waals surface area contributed by atoms with Crippen molar-refractivity contribution < 1.29 is 4.74 Å². The maximum atomic E-state index is 6.23. The first-order chi connectivity index (χ1) is 9.13. The van der Waals surface area contributed by atoms with Crippen molar-refractivity contribution in [3.8, 4) is 0 Å². The van der Waals surface area contributed by atoms with Gasteiger partial charge >= 0.3 is 0 Å². The van der Waals surface area contributed by atoms with Crippen molar-refractivity contribution >= 4 is 23.2 Å². The molecule has 1 aromatic heterocycles. The zero-order valence-electron chi connectivity index (χ0n) is 11.5. The highest BCUT2D eigenvalue weighted by Gasteiger charge is 2.38. The van der Waals surface area contributed by atoms with Crippen LogP contribution in [0.3, 0.4) is 0 Å². The molecule has 1 heterocycles. The van der Waals surface area contributed by atoms with Crippen molar-refractivity contribution in [2.45, 2.75) is 58.0 Å². The molecule has 1 aliphatic carbocycles. The van der Waals surface area contributed by atoms with E-state index in [1.807, 2.05) is 13.8 Å². The van der Waals surface area contributed by atoms with Crippen molar-refractivity contribution in [2.24, 2.45) is 0 Å². The quantitative estimate of drug-likeness (QED) is 0.766. The monoisotopic (exact) mass is 302 g/mol. The van der Waals surface area contributed by atoms with Gasteiger partial charge in [0.2, 0.25) is 0 Å². The van der Waals surface area contributed by atoms with Crippen LogP contribution in [0.5, 0.6) is 0 Å². The molecule has 0 saturated heterocycles. The van der Waals surface area contributed by atoms with E-state index < -0.39 is 5.60 Å². The first kappa shape index (κ1) is 15.0. The van der Waals surface area contributed by atoms with E-state index in [0.29, 0.717) is 22.7 Å². The molecule has 0 aliphatic heterocycles. The van der Waals surface area contributed by atoms with Crippen LogP contribution in [0.15, 0.2) is 0 Å². The molecule has 1 aliphatic rings. The minimum absolute atomic E-state index is 0.396. The first-order valence-corrected chi connectivity index (χ1v) is 7.75. The molecule has 3 nitrogen and oxygen atoms in total. The van der Waals surface area contributed by atoms with Crippen LogP contribution >= 0.6 is 23.2 Å². The Hall–Kier alpha value is -0.380. The summed E-state index contributed by atoms with van der Waals surface area (Å²) in [7, 11) is 0. The maximum Gasteiger partial charge on any atom is 0.163 e. The van der Waals surface area contributed by atoms with Crippen LogP contribution in [0.2, 0.25) is 10.3 Å². The smallest absolute Gasteiger partial charge is 0.163 e. The number of hydrogen-bond donors (Lipinski definition) is 0. The number of nitrogens with zero attached hydrogens (tertiary/aromatic N) is 2. The molecule has 0 spiro atoms. The molecule has 5 heteroatoms. The van der Waals surface area contributed by atoms with Gasteiger partial charge in [-0.3, -0.25) is 0 Å². The Morgan fingerprint density at radius 2 is 1.63 bits per heavy atom. The standard InChI is InChI=1S/C14H20Cl2N2O/c1-3-10-11(15)17-13(18-12(10)16)14(19-4-2)8-6-5-7-9-14/h3-9H2,1-2H3. The van der Waals surface area contributed by atoms with Crippen LogP contribution in [0.25, 0.3) is 0 Å². The highest BCUT2D eigenvalue weighted by molar-refractivity contribution is 6.34. The lowest BCUT2D eigenvalue weighted by atomic mass is 9.84. The Morgan fingerprint density at radius 1 is 1.05 bits per heavy atom. The molecule has 0 aromatic carbocycles. The van der Waals surface area contributed by atoms with E-state index in [2.05, 4.69) is 9.97 Å². The summed E-state index contributed by atoms with van der Waals surface area (Å²) in [6.07, 6.45) is 6.13. The summed E-state index contributed by atoms with van der Waals surface area (Å²) in [5, 5.41) is 0.921. The van der Waals surface area contributed by atoms with Gasteiger partial charge in [-0.05, 0) is 26.2 Å². The minimum atomic E-state index is -0.396. The Bertz CT molecular complexity index is 417.